The summed E-state index contributed by atoms with van der Waals surface area (Å²) in [6.07, 6.45) is 1.56. The summed E-state index contributed by atoms with van der Waals surface area (Å²) in [4.78, 5) is 49.9. The Morgan fingerprint density at radius 2 is 1.75 bits per heavy atom. The van der Waals surface area contributed by atoms with Gasteiger partial charge in [-0.1, -0.05) is 43.2 Å². The molecular weight excluding hydrogens is 414 g/mol. The number of amides is 2. The minimum Gasteiger partial charge on any atom is -0.465 e. The fraction of sp³-hybridized carbons (Fsp3) is 0.565. The average molecular weight is 448 g/mol. The van der Waals surface area contributed by atoms with Gasteiger partial charge in [0.05, 0.1) is 12.6 Å². The number of hydrogen-bond acceptors (Lipinski definition) is 7. The van der Waals surface area contributed by atoms with Gasteiger partial charge in [-0.3, -0.25) is 14.4 Å². The summed E-state index contributed by atoms with van der Waals surface area (Å²) in [7, 11) is 0. The standard InChI is InChI=1S/C23H33N3O6/c1-4-31-21(29)23(24)13-9-8-12-18(23)19(27)15(2)25-20(28)16(3)26-22(30)32-14-17-10-6-5-7-11-17/h5-7,10-11,15-16,18H,4,8-9,12-14,24H2,1-3H3,(H,25,28)(H,26,30)/t15-,16-,18?,23?/m0/s1. The van der Waals surface area contributed by atoms with Crippen LogP contribution >= 0.6 is 0 Å². The fourth-order valence-electron chi connectivity index (χ4n) is 3.82. The molecule has 4 N–H and O–H groups in total. The molecule has 1 aliphatic carbocycles. The van der Waals surface area contributed by atoms with Crippen LogP contribution in [0.25, 0.3) is 0 Å². The molecule has 0 saturated heterocycles. The quantitative estimate of drug-likeness (QED) is 0.491. The van der Waals surface area contributed by atoms with E-state index in [1.54, 1.807) is 13.8 Å². The van der Waals surface area contributed by atoms with E-state index in [0.717, 1.165) is 18.4 Å². The van der Waals surface area contributed by atoms with Crippen LogP contribution in [0.3, 0.4) is 0 Å². The first kappa shape index (κ1) is 25.3. The topological polar surface area (TPSA) is 137 Å². The Hall–Kier alpha value is -2.94. The van der Waals surface area contributed by atoms with Gasteiger partial charge in [0.15, 0.2) is 5.78 Å². The van der Waals surface area contributed by atoms with Gasteiger partial charge < -0.3 is 25.8 Å². The minimum absolute atomic E-state index is 0.0734. The summed E-state index contributed by atoms with van der Waals surface area (Å²) in [6.45, 7) is 4.96. The van der Waals surface area contributed by atoms with Crippen LogP contribution in [0.2, 0.25) is 0 Å². The highest BCUT2D eigenvalue weighted by Crippen LogP contribution is 2.34. The highest BCUT2D eigenvalue weighted by atomic mass is 16.5. The Kier molecular flexibility index (Phi) is 9.19. The lowest BCUT2D eigenvalue weighted by Gasteiger charge is -2.39. The summed E-state index contributed by atoms with van der Waals surface area (Å²) in [5.41, 5.74) is 5.75. The zero-order valence-corrected chi connectivity index (χ0v) is 18.9. The van der Waals surface area contributed by atoms with E-state index in [2.05, 4.69) is 10.6 Å². The van der Waals surface area contributed by atoms with Gasteiger partial charge in [0.2, 0.25) is 5.91 Å². The van der Waals surface area contributed by atoms with Gasteiger partial charge in [-0.2, -0.15) is 0 Å². The summed E-state index contributed by atoms with van der Waals surface area (Å²) in [5.74, 6) is -2.21. The molecule has 32 heavy (non-hydrogen) atoms. The Morgan fingerprint density at radius 3 is 2.41 bits per heavy atom. The number of benzene rings is 1. The number of rotatable bonds is 9. The smallest absolute Gasteiger partial charge is 0.408 e. The van der Waals surface area contributed by atoms with E-state index in [4.69, 9.17) is 15.2 Å². The third-order valence-electron chi connectivity index (χ3n) is 5.68. The van der Waals surface area contributed by atoms with E-state index in [9.17, 15) is 19.2 Å². The van der Waals surface area contributed by atoms with E-state index < -0.39 is 41.5 Å². The van der Waals surface area contributed by atoms with Crippen molar-refractivity contribution in [1.29, 1.82) is 0 Å². The molecule has 176 valence electrons. The normalized spacial score (nSPS) is 22.2. The maximum absolute atomic E-state index is 13.0. The lowest BCUT2D eigenvalue weighted by Crippen LogP contribution is -2.61. The van der Waals surface area contributed by atoms with Crippen molar-refractivity contribution in [2.45, 2.75) is 70.7 Å². The van der Waals surface area contributed by atoms with Crippen molar-refractivity contribution in [2.24, 2.45) is 11.7 Å². The van der Waals surface area contributed by atoms with Gasteiger partial charge >= 0.3 is 12.1 Å². The average Bonchev–Trinajstić information content (AvgIpc) is 2.78. The molecule has 4 atom stereocenters. The summed E-state index contributed by atoms with van der Waals surface area (Å²) >= 11 is 0. The van der Waals surface area contributed by atoms with Crippen LogP contribution in [0.4, 0.5) is 4.79 Å². The fourth-order valence-corrected chi connectivity index (χ4v) is 3.82. The largest absolute Gasteiger partial charge is 0.465 e. The molecule has 0 aromatic heterocycles. The van der Waals surface area contributed by atoms with Crippen LogP contribution < -0.4 is 16.4 Å². The first-order valence-electron chi connectivity index (χ1n) is 11.0. The summed E-state index contributed by atoms with van der Waals surface area (Å²) < 4.78 is 10.2. The maximum atomic E-state index is 13.0. The highest BCUT2D eigenvalue weighted by molar-refractivity contribution is 5.97. The Labute approximate surface area is 188 Å². The van der Waals surface area contributed by atoms with Crippen LogP contribution in [0, 0.1) is 5.92 Å². The zero-order valence-electron chi connectivity index (χ0n) is 18.9. The molecule has 0 heterocycles. The highest BCUT2D eigenvalue weighted by Gasteiger charge is 2.49. The van der Waals surface area contributed by atoms with Crippen LogP contribution in [0.15, 0.2) is 30.3 Å². The van der Waals surface area contributed by atoms with E-state index in [0.29, 0.717) is 12.8 Å². The van der Waals surface area contributed by atoms with Crippen LogP contribution in [-0.4, -0.2) is 48.0 Å². The second-order valence-corrected chi connectivity index (χ2v) is 8.12. The number of hydrogen-bond donors (Lipinski definition) is 3. The predicted octanol–water partition coefficient (Wildman–Crippen LogP) is 1.83. The number of alkyl carbamates (subject to hydrolysis) is 1. The van der Waals surface area contributed by atoms with Crippen molar-refractivity contribution in [1.82, 2.24) is 10.6 Å². The number of nitrogens with one attached hydrogen (secondary N) is 2. The number of carbonyl (C=O) groups excluding carboxylic acids is 4. The third-order valence-corrected chi connectivity index (χ3v) is 5.68. The molecule has 2 rings (SSSR count). The Morgan fingerprint density at radius 1 is 1.06 bits per heavy atom. The molecule has 1 aromatic carbocycles. The first-order chi connectivity index (χ1) is 15.2. The molecule has 9 nitrogen and oxygen atoms in total. The zero-order chi connectivity index (χ0) is 23.7. The van der Waals surface area contributed by atoms with Gasteiger partial charge in [0.1, 0.15) is 18.2 Å². The number of ether oxygens (including phenoxy) is 2. The molecule has 0 aliphatic heterocycles. The molecule has 2 unspecified atom stereocenters. The van der Waals surface area contributed by atoms with E-state index >= 15 is 0 Å². The van der Waals surface area contributed by atoms with Crippen LogP contribution in [0.5, 0.6) is 0 Å². The molecular formula is C23H33N3O6. The van der Waals surface area contributed by atoms with Crippen LogP contribution in [-0.2, 0) is 30.5 Å². The molecule has 0 radical (unpaired) electrons. The minimum atomic E-state index is -1.39. The van der Waals surface area contributed by atoms with E-state index in [1.807, 2.05) is 30.3 Å². The number of nitrogens with two attached hydrogens (primary N) is 1. The lowest BCUT2D eigenvalue weighted by molar-refractivity contribution is -0.156. The van der Waals surface area contributed by atoms with Gasteiger partial charge in [0.25, 0.3) is 0 Å². The van der Waals surface area contributed by atoms with Crippen molar-refractivity contribution in [2.75, 3.05) is 6.61 Å². The molecule has 9 heteroatoms. The summed E-state index contributed by atoms with van der Waals surface area (Å²) in [5, 5.41) is 5.04. The van der Waals surface area contributed by atoms with E-state index in [-0.39, 0.29) is 19.0 Å². The third kappa shape index (κ3) is 6.53. The van der Waals surface area contributed by atoms with Gasteiger partial charge in [-0.05, 0) is 39.2 Å². The molecule has 0 spiro atoms. The van der Waals surface area contributed by atoms with Crippen molar-refractivity contribution in [3.63, 3.8) is 0 Å². The molecule has 0 bridgehead atoms. The number of ketones is 1. The molecule has 1 saturated carbocycles. The Balaban J connectivity index is 1.90. The lowest BCUT2D eigenvalue weighted by atomic mass is 9.70. The maximum Gasteiger partial charge on any atom is 0.408 e. The van der Waals surface area contributed by atoms with Crippen molar-refractivity contribution in [3.8, 4) is 0 Å². The number of esters is 1. The van der Waals surface area contributed by atoms with Crippen molar-refractivity contribution < 1.29 is 28.7 Å². The molecule has 2 amide bonds. The molecule has 1 aliphatic rings. The number of Topliss-reactive ketones (excluding diaryl/α,β-unsaturated/α-hetero) is 1. The van der Waals surface area contributed by atoms with Gasteiger partial charge in [0, 0.05) is 5.92 Å². The first-order valence-corrected chi connectivity index (χ1v) is 11.0. The van der Waals surface area contributed by atoms with Gasteiger partial charge in [-0.15, -0.1) is 0 Å². The van der Waals surface area contributed by atoms with Crippen molar-refractivity contribution >= 4 is 23.8 Å². The van der Waals surface area contributed by atoms with Crippen LogP contribution in [0.1, 0.15) is 52.0 Å². The number of carbonyl (C=O) groups is 4. The second-order valence-electron chi connectivity index (χ2n) is 8.12. The predicted molar refractivity (Wildman–Crippen MR) is 117 cm³/mol. The Bertz CT molecular complexity index is 815. The van der Waals surface area contributed by atoms with Gasteiger partial charge in [-0.25, -0.2) is 4.79 Å². The van der Waals surface area contributed by atoms with Crippen molar-refractivity contribution in [3.05, 3.63) is 35.9 Å². The summed E-state index contributed by atoms with van der Waals surface area (Å²) in [6, 6.07) is 7.34. The molecule has 1 aromatic rings. The second kappa shape index (κ2) is 11.6. The molecule has 1 fully saturated rings. The monoisotopic (exact) mass is 447 g/mol. The van der Waals surface area contributed by atoms with E-state index in [1.165, 1.54) is 6.92 Å². The SMILES string of the molecule is CCOC(=O)C1(N)CCCCC1C(=O)[C@H](C)NC(=O)[C@H](C)NC(=O)OCc1ccccc1.